The van der Waals surface area contributed by atoms with E-state index < -0.39 is 5.60 Å². The average Bonchev–Trinajstić information content (AvgIpc) is 3.47. The summed E-state index contributed by atoms with van der Waals surface area (Å²) in [6, 6.07) is 22.9. The van der Waals surface area contributed by atoms with Crippen LogP contribution in [0.4, 0.5) is 11.5 Å². The number of hydrogen-bond donors (Lipinski definition) is 3. The van der Waals surface area contributed by atoms with E-state index in [2.05, 4.69) is 77.7 Å². The highest BCUT2D eigenvalue weighted by Gasteiger charge is 2.39. The number of benzene rings is 3. The van der Waals surface area contributed by atoms with Gasteiger partial charge in [-0.1, -0.05) is 31.2 Å². The molecule has 1 saturated carbocycles. The fourth-order valence-electron chi connectivity index (χ4n) is 7.21. The standard InChI is InChI=1S/C41H41N7O2/c1-25-11-15-48(22-25)23-28-16-31(19-42)38-36(18-28)47-40(50-38)34-8-4-6-32(26(34)2)33-7-5-9-35(27(33)3)46-39-37-30(10-14-44-39)17-29(21-45-37)20-43-24-41(49)12-13-41/h4-10,14,16-18,21,25,43,49H,11-13,15,20,22-24H2,1-3H3,(H,44,46)/t25-/m1/s1. The largest absolute Gasteiger partial charge is 0.435 e. The zero-order valence-corrected chi connectivity index (χ0v) is 28.8. The monoisotopic (exact) mass is 663 g/mol. The third kappa shape index (κ3) is 6.34. The van der Waals surface area contributed by atoms with Crippen molar-refractivity contribution >= 4 is 33.5 Å². The van der Waals surface area contributed by atoms with Crippen LogP contribution in [-0.2, 0) is 13.1 Å². The number of pyridine rings is 2. The normalized spacial score (nSPS) is 17.0. The van der Waals surface area contributed by atoms with Crippen molar-refractivity contribution in [2.45, 2.75) is 58.7 Å². The number of aliphatic hydroxyl groups is 1. The van der Waals surface area contributed by atoms with Gasteiger partial charge in [0.05, 0.1) is 11.2 Å². The fraction of sp³-hybridized carbons (Fsp3) is 0.317. The predicted octanol–water partition coefficient (Wildman–Crippen LogP) is 7.79. The Balaban J connectivity index is 1.07. The van der Waals surface area contributed by atoms with Crippen LogP contribution in [0.1, 0.15) is 54.0 Å². The van der Waals surface area contributed by atoms with E-state index in [0.29, 0.717) is 47.4 Å². The van der Waals surface area contributed by atoms with Gasteiger partial charge < -0.3 is 20.2 Å². The van der Waals surface area contributed by atoms with E-state index in [0.717, 1.165) is 88.0 Å². The van der Waals surface area contributed by atoms with E-state index in [1.54, 1.807) is 6.20 Å². The second-order valence-electron chi connectivity index (χ2n) is 14.2. The van der Waals surface area contributed by atoms with Crippen molar-refractivity contribution in [3.8, 4) is 28.7 Å². The number of nitriles is 1. The van der Waals surface area contributed by atoms with E-state index >= 15 is 0 Å². The molecule has 2 aliphatic rings. The summed E-state index contributed by atoms with van der Waals surface area (Å²) < 4.78 is 6.32. The van der Waals surface area contributed by atoms with Crippen LogP contribution < -0.4 is 10.6 Å². The van der Waals surface area contributed by atoms with Crippen molar-refractivity contribution in [2.75, 3.05) is 25.0 Å². The maximum absolute atomic E-state index is 10.1. The Bertz CT molecular complexity index is 2280. The van der Waals surface area contributed by atoms with Crippen molar-refractivity contribution in [2.24, 2.45) is 5.92 Å². The molecule has 9 heteroatoms. The molecule has 0 radical (unpaired) electrons. The van der Waals surface area contributed by atoms with Crippen molar-refractivity contribution in [1.29, 1.82) is 5.26 Å². The molecule has 1 saturated heterocycles. The number of nitrogens with zero attached hydrogens (tertiary/aromatic N) is 5. The lowest BCUT2D eigenvalue weighted by Crippen LogP contribution is -2.27. The first kappa shape index (κ1) is 32.1. The number of nitrogens with one attached hydrogen (secondary N) is 2. The number of rotatable bonds is 10. The molecule has 3 aromatic heterocycles. The number of fused-ring (bicyclic) bond motifs is 2. The summed E-state index contributed by atoms with van der Waals surface area (Å²) in [5.41, 5.74) is 10.3. The highest BCUT2D eigenvalue weighted by atomic mass is 16.3. The van der Waals surface area contributed by atoms with E-state index in [1.165, 1.54) is 6.42 Å². The maximum Gasteiger partial charge on any atom is 0.227 e. The smallest absolute Gasteiger partial charge is 0.227 e. The Labute approximate surface area is 292 Å². The third-order valence-electron chi connectivity index (χ3n) is 10.3. The first-order valence-corrected chi connectivity index (χ1v) is 17.5. The van der Waals surface area contributed by atoms with Crippen LogP contribution in [0.15, 0.2) is 77.5 Å². The molecule has 1 aliphatic heterocycles. The first-order valence-electron chi connectivity index (χ1n) is 17.5. The third-order valence-corrected chi connectivity index (χ3v) is 10.3. The molecule has 2 fully saturated rings. The van der Waals surface area contributed by atoms with Crippen LogP contribution in [0.25, 0.3) is 44.6 Å². The van der Waals surface area contributed by atoms with Gasteiger partial charge in [0.2, 0.25) is 5.89 Å². The molecule has 252 valence electrons. The van der Waals surface area contributed by atoms with Crippen LogP contribution in [0, 0.1) is 31.1 Å². The summed E-state index contributed by atoms with van der Waals surface area (Å²) in [4.78, 5) is 16.8. The van der Waals surface area contributed by atoms with Gasteiger partial charge in [-0.15, -0.1) is 0 Å². The number of anilines is 2. The van der Waals surface area contributed by atoms with Gasteiger partial charge in [-0.2, -0.15) is 5.26 Å². The second kappa shape index (κ2) is 13.0. The molecule has 0 bridgehead atoms. The quantitative estimate of drug-likeness (QED) is 0.135. The van der Waals surface area contributed by atoms with E-state index in [9.17, 15) is 10.4 Å². The molecule has 0 spiro atoms. The fourth-order valence-corrected chi connectivity index (χ4v) is 7.21. The van der Waals surface area contributed by atoms with Crippen LogP contribution in [0.3, 0.4) is 0 Å². The van der Waals surface area contributed by atoms with Crippen molar-refractivity contribution in [3.63, 3.8) is 0 Å². The SMILES string of the molecule is Cc1c(Nc2nccc3cc(CNCC4(O)CC4)cnc23)cccc1-c1cccc(-c2nc3cc(CN4CC[C@@H](C)C4)cc(C#N)c3o2)c1C. The van der Waals surface area contributed by atoms with Gasteiger partial charge in [0, 0.05) is 55.2 Å². The topological polar surface area (TPSA) is 123 Å². The molecule has 1 aliphatic carbocycles. The van der Waals surface area contributed by atoms with Gasteiger partial charge in [-0.05, 0) is 115 Å². The Kier molecular flexibility index (Phi) is 8.31. The van der Waals surface area contributed by atoms with Crippen LogP contribution in [0.2, 0.25) is 0 Å². The minimum Gasteiger partial charge on any atom is -0.435 e. The van der Waals surface area contributed by atoms with Crippen molar-refractivity contribution < 1.29 is 9.52 Å². The Morgan fingerprint density at radius 2 is 1.80 bits per heavy atom. The molecule has 8 rings (SSSR count). The van der Waals surface area contributed by atoms with Gasteiger partial charge in [-0.25, -0.2) is 9.97 Å². The Hall–Kier alpha value is -5.14. The minimum absolute atomic E-state index is 0.513. The minimum atomic E-state index is -0.528. The summed E-state index contributed by atoms with van der Waals surface area (Å²) in [5, 5.41) is 28.0. The van der Waals surface area contributed by atoms with E-state index in [1.807, 2.05) is 36.5 Å². The molecule has 9 nitrogen and oxygen atoms in total. The molecule has 3 N–H and O–H groups in total. The molecule has 6 aromatic rings. The van der Waals surface area contributed by atoms with Gasteiger partial charge in [-0.3, -0.25) is 9.88 Å². The lowest BCUT2D eigenvalue weighted by atomic mass is 9.93. The number of hydrogen-bond acceptors (Lipinski definition) is 9. The number of oxazole rings is 1. The molecule has 0 amide bonds. The predicted molar refractivity (Wildman–Crippen MR) is 197 cm³/mol. The maximum atomic E-state index is 10.1. The van der Waals surface area contributed by atoms with Crippen LogP contribution in [-0.4, -0.2) is 50.2 Å². The molecular formula is C41H41N7O2. The first-order chi connectivity index (χ1) is 24.3. The Morgan fingerprint density at radius 1 is 1.00 bits per heavy atom. The second-order valence-corrected chi connectivity index (χ2v) is 14.2. The molecule has 3 aromatic carbocycles. The summed E-state index contributed by atoms with van der Waals surface area (Å²) in [6.07, 6.45) is 6.61. The van der Waals surface area contributed by atoms with Crippen molar-refractivity contribution in [1.82, 2.24) is 25.2 Å². The summed E-state index contributed by atoms with van der Waals surface area (Å²) >= 11 is 0. The molecule has 0 unspecified atom stereocenters. The van der Waals surface area contributed by atoms with Gasteiger partial charge >= 0.3 is 0 Å². The highest BCUT2D eigenvalue weighted by Crippen LogP contribution is 2.38. The summed E-state index contributed by atoms with van der Waals surface area (Å²) in [6.45, 7) is 10.7. The molecular weight excluding hydrogens is 622 g/mol. The summed E-state index contributed by atoms with van der Waals surface area (Å²) in [5.74, 6) is 1.90. The number of aromatic nitrogens is 3. The Morgan fingerprint density at radius 3 is 2.58 bits per heavy atom. The van der Waals surface area contributed by atoms with Crippen LogP contribution >= 0.6 is 0 Å². The molecule has 50 heavy (non-hydrogen) atoms. The van der Waals surface area contributed by atoms with Gasteiger partial charge in [0.15, 0.2) is 11.4 Å². The highest BCUT2D eigenvalue weighted by molar-refractivity contribution is 5.91. The lowest BCUT2D eigenvalue weighted by molar-refractivity contribution is 0.147. The van der Waals surface area contributed by atoms with Crippen molar-refractivity contribution in [3.05, 3.63) is 101 Å². The average molecular weight is 664 g/mol. The van der Waals surface area contributed by atoms with Gasteiger partial charge in [0.25, 0.3) is 0 Å². The molecule has 1 atom stereocenters. The van der Waals surface area contributed by atoms with Crippen LogP contribution in [0.5, 0.6) is 0 Å². The van der Waals surface area contributed by atoms with Gasteiger partial charge in [0.1, 0.15) is 17.1 Å². The zero-order valence-electron chi connectivity index (χ0n) is 28.8. The number of likely N-dealkylation sites (tertiary alicyclic amines) is 1. The summed E-state index contributed by atoms with van der Waals surface area (Å²) in [7, 11) is 0. The lowest BCUT2D eigenvalue weighted by Gasteiger charge is -2.16. The molecule has 4 heterocycles. The van der Waals surface area contributed by atoms with E-state index in [-0.39, 0.29) is 0 Å². The zero-order chi connectivity index (χ0) is 34.4. The van der Waals surface area contributed by atoms with E-state index in [4.69, 9.17) is 14.4 Å².